The molecule has 5 rings (SSSR count). The van der Waals surface area contributed by atoms with E-state index in [-0.39, 0.29) is 0 Å². The number of benzene rings is 5. The van der Waals surface area contributed by atoms with Gasteiger partial charge in [-0.05, 0) is 95.4 Å². The van der Waals surface area contributed by atoms with Crippen LogP contribution < -0.4 is 18.9 Å². The summed E-state index contributed by atoms with van der Waals surface area (Å²) in [4.78, 5) is 0. The highest BCUT2D eigenvalue weighted by atomic mass is 16.5. The number of hydrogen-bond acceptors (Lipinski definition) is 4. The van der Waals surface area contributed by atoms with Crippen molar-refractivity contribution in [2.24, 2.45) is 0 Å². The number of ether oxygens (including phenoxy) is 4. The zero-order chi connectivity index (χ0) is 27.9. The Hall–Kier alpha value is -4.70. The second-order valence-electron chi connectivity index (χ2n) is 9.35. The Morgan fingerprint density at radius 2 is 0.800 bits per heavy atom. The van der Waals surface area contributed by atoms with E-state index in [1.165, 1.54) is 0 Å². The minimum Gasteiger partial charge on any atom is -0.497 e. The molecule has 0 saturated heterocycles. The van der Waals surface area contributed by atoms with E-state index in [4.69, 9.17) is 18.9 Å². The first-order valence-corrected chi connectivity index (χ1v) is 13.6. The number of rotatable bonds is 10. The predicted octanol–water partition coefficient (Wildman–Crippen LogP) is 9.15. The van der Waals surface area contributed by atoms with Crippen LogP contribution in [0.2, 0.25) is 0 Å². The Kier molecular flexibility index (Phi) is 8.36. The summed E-state index contributed by atoms with van der Waals surface area (Å²) in [5.74, 6) is 3.28. The van der Waals surface area contributed by atoms with Gasteiger partial charge in [-0.1, -0.05) is 60.7 Å². The normalized spacial score (nSPS) is 11.5. The average molecular weight is 531 g/mol. The second kappa shape index (κ2) is 12.4. The lowest BCUT2D eigenvalue weighted by atomic mass is 9.96. The van der Waals surface area contributed by atoms with Crippen molar-refractivity contribution in [1.82, 2.24) is 0 Å². The Labute approximate surface area is 236 Å². The fourth-order valence-electron chi connectivity index (χ4n) is 4.81. The molecule has 4 nitrogen and oxygen atoms in total. The SMILES string of the molecule is CCOc1c(OCC)c2ccc(/C=C/c3ccc(OC)cc3)cc2c2cc(/C=C/c3ccc(OC)cc3)ccc12. The van der Waals surface area contributed by atoms with Gasteiger partial charge in [0.25, 0.3) is 0 Å². The average Bonchev–Trinajstić information content (AvgIpc) is 3.01. The molecule has 0 aliphatic carbocycles. The van der Waals surface area contributed by atoms with Gasteiger partial charge < -0.3 is 18.9 Å². The van der Waals surface area contributed by atoms with E-state index < -0.39 is 0 Å². The molecular formula is C36H34O4. The number of methoxy groups -OCH3 is 2. The molecule has 0 aliphatic heterocycles. The highest BCUT2D eigenvalue weighted by molar-refractivity contribution is 6.15. The summed E-state index contributed by atoms with van der Waals surface area (Å²) in [6.07, 6.45) is 8.50. The highest BCUT2D eigenvalue weighted by Crippen LogP contribution is 2.44. The monoisotopic (exact) mass is 530 g/mol. The molecule has 0 radical (unpaired) electrons. The summed E-state index contributed by atoms with van der Waals surface area (Å²) in [7, 11) is 3.36. The van der Waals surface area contributed by atoms with Crippen molar-refractivity contribution in [3.8, 4) is 23.0 Å². The third-order valence-electron chi connectivity index (χ3n) is 6.82. The van der Waals surface area contributed by atoms with E-state index in [0.717, 1.165) is 66.8 Å². The molecule has 0 bridgehead atoms. The molecule has 0 heterocycles. The van der Waals surface area contributed by atoms with Crippen LogP contribution in [0.15, 0.2) is 84.9 Å². The first kappa shape index (κ1) is 26.9. The number of fused-ring (bicyclic) bond motifs is 3. The molecule has 5 aromatic rings. The molecule has 0 aliphatic rings. The zero-order valence-electron chi connectivity index (χ0n) is 23.4. The smallest absolute Gasteiger partial charge is 0.169 e. The second-order valence-corrected chi connectivity index (χ2v) is 9.35. The molecule has 0 N–H and O–H groups in total. The molecule has 5 aromatic carbocycles. The van der Waals surface area contributed by atoms with E-state index in [9.17, 15) is 0 Å². The van der Waals surface area contributed by atoms with Gasteiger partial charge in [0.05, 0.1) is 27.4 Å². The van der Waals surface area contributed by atoms with Crippen LogP contribution in [0, 0.1) is 0 Å². The Bertz CT molecular complexity index is 1540. The van der Waals surface area contributed by atoms with Gasteiger partial charge in [-0.15, -0.1) is 0 Å². The van der Waals surface area contributed by atoms with Crippen molar-refractivity contribution >= 4 is 45.8 Å². The van der Waals surface area contributed by atoms with Gasteiger partial charge in [0.1, 0.15) is 11.5 Å². The number of hydrogen-bond donors (Lipinski definition) is 0. The maximum atomic E-state index is 6.18. The van der Waals surface area contributed by atoms with Crippen molar-refractivity contribution in [3.05, 3.63) is 107 Å². The van der Waals surface area contributed by atoms with Crippen LogP contribution in [0.25, 0.3) is 45.8 Å². The lowest BCUT2D eigenvalue weighted by Gasteiger charge is -2.18. The summed E-state index contributed by atoms with van der Waals surface area (Å²) in [6.45, 7) is 5.13. The van der Waals surface area contributed by atoms with Gasteiger partial charge in [-0.2, -0.15) is 0 Å². The highest BCUT2D eigenvalue weighted by Gasteiger charge is 2.17. The van der Waals surface area contributed by atoms with Crippen molar-refractivity contribution in [2.45, 2.75) is 13.8 Å². The molecule has 202 valence electrons. The van der Waals surface area contributed by atoms with Gasteiger partial charge >= 0.3 is 0 Å². The maximum absolute atomic E-state index is 6.18. The summed E-state index contributed by atoms with van der Waals surface area (Å²) in [5.41, 5.74) is 4.43. The zero-order valence-corrected chi connectivity index (χ0v) is 23.4. The minimum atomic E-state index is 0.558. The van der Waals surface area contributed by atoms with Gasteiger partial charge in [-0.3, -0.25) is 0 Å². The van der Waals surface area contributed by atoms with Gasteiger partial charge in [0.2, 0.25) is 0 Å². The third-order valence-corrected chi connectivity index (χ3v) is 6.82. The fourth-order valence-corrected chi connectivity index (χ4v) is 4.81. The van der Waals surface area contributed by atoms with E-state index >= 15 is 0 Å². The molecule has 40 heavy (non-hydrogen) atoms. The molecule has 0 unspecified atom stereocenters. The van der Waals surface area contributed by atoms with E-state index in [1.807, 2.05) is 38.1 Å². The van der Waals surface area contributed by atoms with Crippen LogP contribution >= 0.6 is 0 Å². The van der Waals surface area contributed by atoms with Crippen LogP contribution in [0.5, 0.6) is 23.0 Å². The summed E-state index contributed by atoms with van der Waals surface area (Å²) >= 11 is 0. The molecular weight excluding hydrogens is 496 g/mol. The van der Waals surface area contributed by atoms with Crippen LogP contribution in [0.1, 0.15) is 36.1 Å². The van der Waals surface area contributed by atoms with Crippen LogP contribution in [-0.2, 0) is 0 Å². The lowest BCUT2D eigenvalue weighted by molar-refractivity contribution is 0.293. The van der Waals surface area contributed by atoms with Crippen molar-refractivity contribution in [2.75, 3.05) is 27.4 Å². The lowest BCUT2D eigenvalue weighted by Crippen LogP contribution is -2.00. The van der Waals surface area contributed by atoms with E-state index in [1.54, 1.807) is 14.2 Å². The minimum absolute atomic E-state index is 0.558. The molecule has 0 fully saturated rings. The summed E-state index contributed by atoms with van der Waals surface area (Å²) < 4.78 is 22.9. The predicted molar refractivity (Wildman–Crippen MR) is 168 cm³/mol. The largest absolute Gasteiger partial charge is 0.497 e. The topological polar surface area (TPSA) is 36.9 Å². The molecule has 4 heteroatoms. The van der Waals surface area contributed by atoms with E-state index in [2.05, 4.69) is 85.0 Å². The van der Waals surface area contributed by atoms with Gasteiger partial charge in [0.15, 0.2) is 11.5 Å². The fraction of sp³-hybridized carbons (Fsp3) is 0.167. The Morgan fingerprint density at radius 3 is 1.15 bits per heavy atom. The summed E-state index contributed by atoms with van der Waals surface area (Å²) in [5, 5.41) is 4.32. The maximum Gasteiger partial charge on any atom is 0.169 e. The molecule has 0 atom stereocenters. The van der Waals surface area contributed by atoms with Crippen molar-refractivity contribution < 1.29 is 18.9 Å². The quantitative estimate of drug-likeness (QED) is 0.133. The first-order valence-electron chi connectivity index (χ1n) is 13.6. The molecule has 0 saturated carbocycles. The van der Waals surface area contributed by atoms with Crippen LogP contribution in [-0.4, -0.2) is 27.4 Å². The van der Waals surface area contributed by atoms with Crippen LogP contribution in [0.3, 0.4) is 0 Å². The van der Waals surface area contributed by atoms with Gasteiger partial charge in [-0.25, -0.2) is 0 Å². The Balaban J connectivity index is 1.61. The first-order chi connectivity index (χ1) is 19.6. The van der Waals surface area contributed by atoms with Crippen molar-refractivity contribution in [1.29, 1.82) is 0 Å². The summed E-state index contributed by atoms with van der Waals surface area (Å²) in [6, 6.07) is 29.1. The van der Waals surface area contributed by atoms with E-state index in [0.29, 0.717) is 13.2 Å². The van der Waals surface area contributed by atoms with Crippen LogP contribution in [0.4, 0.5) is 0 Å². The molecule has 0 spiro atoms. The van der Waals surface area contributed by atoms with Crippen molar-refractivity contribution in [3.63, 3.8) is 0 Å². The molecule has 0 aromatic heterocycles. The molecule has 0 amide bonds. The third kappa shape index (κ3) is 5.81. The van der Waals surface area contributed by atoms with Gasteiger partial charge in [0, 0.05) is 10.8 Å². The Morgan fingerprint density at radius 1 is 0.450 bits per heavy atom. The standard InChI is InChI=1S/C36H34O4/c1-5-39-35-31-21-15-27(9-7-25-11-17-29(37-3)18-12-25)23-33(31)34-24-28(16-22-32(34)36(35)40-6-2)10-8-26-13-19-30(38-4)20-14-26/h7-24H,5-6H2,1-4H3/b9-7+,10-8+.